The van der Waals surface area contributed by atoms with Gasteiger partial charge in [0.05, 0.1) is 42.5 Å². The predicted molar refractivity (Wildman–Crippen MR) is 178 cm³/mol. The quantitative estimate of drug-likeness (QED) is 0.284. The van der Waals surface area contributed by atoms with Crippen molar-refractivity contribution in [3.63, 3.8) is 0 Å². The fraction of sp³-hybridized carbons (Fsp3) is 0.486. The van der Waals surface area contributed by atoms with Crippen LogP contribution in [0.2, 0.25) is 0 Å². The number of carbonyl (C=O) groups is 3. The zero-order chi connectivity index (χ0) is 33.3. The minimum absolute atomic E-state index is 0.0776. The number of methoxy groups -OCH3 is 1. The molecule has 2 aliphatic carbocycles. The predicted octanol–water partition coefficient (Wildman–Crippen LogP) is 5.33. The van der Waals surface area contributed by atoms with Gasteiger partial charge in [-0.25, -0.2) is 9.78 Å². The van der Waals surface area contributed by atoms with Gasteiger partial charge >= 0.3 is 5.97 Å². The Kier molecular flexibility index (Phi) is 9.21. The SMILES string of the molecule is CCOC(=O)C12CC1/C=C/CCCCN(C)C(=O)C1CC(Oc3cc(-c4cccc(C)n4)nc4c(C)c(OC)ccc34)CC1C(=O)N2. The largest absolute Gasteiger partial charge is 0.496 e. The molecule has 2 fully saturated rings. The second kappa shape index (κ2) is 13.3. The number of nitrogens with zero attached hydrogens (tertiary/aromatic N) is 3. The van der Waals surface area contributed by atoms with Gasteiger partial charge in [0.15, 0.2) is 0 Å². The van der Waals surface area contributed by atoms with Gasteiger partial charge in [-0.05, 0) is 83.6 Å². The molecule has 5 unspecified atom stereocenters. The number of fused-ring (bicyclic) bond motifs is 3. The van der Waals surface area contributed by atoms with Crippen LogP contribution in [0.15, 0.2) is 48.6 Å². The Morgan fingerprint density at radius 2 is 1.85 bits per heavy atom. The van der Waals surface area contributed by atoms with E-state index in [1.807, 2.05) is 56.3 Å². The van der Waals surface area contributed by atoms with E-state index >= 15 is 0 Å². The molecule has 248 valence electrons. The third-order valence-corrected chi connectivity index (χ3v) is 9.84. The average Bonchev–Trinajstić information content (AvgIpc) is 3.59. The molecule has 6 rings (SSSR count). The lowest BCUT2D eigenvalue weighted by atomic mass is 9.93. The number of ether oxygens (including phenoxy) is 3. The van der Waals surface area contributed by atoms with Gasteiger partial charge in [-0.2, -0.15) is 0 Å². The summed E-state index contributed by atoms with van der Waals surface area (Å²) in [6.45, 7) is 6.50. The molecule has 0 radical (unpaired) electrons. The molecule has 3 aromatic rings. The zero-order valence-electron chi connectivity index (χ0n) is 27.9. The lowest BCUT2D eigenvalue weighted by molar-refractivity contribution is -0.150. The first kappa shape index (κ1) is 32.5. The zero-order valence-corrected chi connectivity index (χ0v) is 27.9. The molecule has 10 nitrogen and oxygen atoms in total. The number of hydrogen-bond donors (Lipinski definition) is 1. The Hall–Kier alpha value is -4.47. The van der Waals surface area contributed by atoms with Crippen molar-refractivity contribution in [2.45, 2.75) is 70.9 Å². The maximum absolute atomic E-state index is 14.1. The summed E-state index contributed by atoms with van der Waals surface area (Å²) in [5.74, 6) is -0.881. The van der Waals surface area contributed by atoms with E-state index < -0.39 is 29.4 Å². The molecule has 1 N–H and O–H groups in total. The number of hydrogen-bond acceptors (Lipinski definition) is 8. The van der Waals surface area contributed by atoms with Gasteiger partial charge < -0.3 is 24.4 Å². The van der Waals surface area contributed by atoms with Gasteiger partial charge in [0, 0.05) is 42.2 Å². The number of aromatic nitrogens is 2. The van der Waals surface area contributed by atoms with E-state index in [2.05, 4.69) is 11.4 Å². The number of nitrogens with one attached hydrogen (secondary N) is 1. The van der Waals surface area contributed by atoms with E-state index in [9.17, 15) is 14.4 Å². The molecule has 5 atom stereocenters. The first-order valence-electron chi connectivity index (χ1n) is 16.6. The van der Waals surface area contributed by atoms with Crippen molar-refractivity contribution in [3.8, 4) is 22.9 Å². The first-order chi connectivity index (χ1) is 22.6. The van der Waals surface area contributed by atoms with Crippen LogP contribution in [-0.2, 0) is 19.1 Å². The molecule has 3 heterocycles. The van der Waals surface area contributed by atoms with Crippen LogP contribution in [0.3, 0.4) is 0 Å². The number of pyridine rings is 2. The van der Waals surface area contributed by atoms with Gasteiger partial charge in [0.2, 0.25) is 11.8 Å². The van der Waals surface area contributed by atoms with Gasteiger partial charge in [0.25, 0.3) is 0 Å². The monoisotopic (exact) mass is 640 g/mol. The number of aryl methyl sites for hydroxylation is 2. The van der Waals surface area contributed by atoms with Gasteiger partial charge in [-0.1, -0.05) is 18.2 Å². The van der Waals surface area contributed by atoms with Crippen molar-refractivity contribution in [1.82, 2.24) is 20.2 Å². The summed E-state index contributed by atoms with van der Waals surface area (Å²) in [4.78, 5) is 52.5. The number of benzene rings is 1. The summed E-state index contributed by atoms with van der Waals surface area (Å²) in [6, 6.07) is 11.5. The summed E-state index contributed by atoms with van der Waals surface area (Å²) >= 11 is 0. The van der Waals surface area contributed by atoms with Crippen molar-refractivity contribution >= 4 is 28.7 Å². The van der Waals surface area contributed by atoms with Crippen LogP contribution >= 0.6 is 0 Å². The maximum Gasteiger partial charge on any atom is 0.332 e. The van der Waals surface area contributed by atoms with Crippen LogP contribution in [-0.4, -0.2) is 71.6 Å². The van der Waals surface area contributed by atoms with Crippen molar-refractivity contribution in [2.24, 2.45) is 17.8 Å². The van der Waals surface area contributed by atoms with E-state index in [0.717, 1.165) is 41.4 Å². The molecule has 0 bridgehead atoms. The molecule has 0 spiro atoms. The fourth-order valence-electron chi connectivity index (χ4n) is 7.13. The summed E-state index contributed by atoms with van der Waals surface area (Å²) < 4.78 is 17.8. The molecule has 2 amide bonds. The van der Waals surface area contributed by atoms with Crippen LogP contribution in [0.4, 0.5) is 0 Å². The molecule has 0 saturated heterocycles. The minimum atomic E-state index is -1.10. The molecule has 2 aromatic heterocycles. The molecule has 10 heteroatoms. The highest BCUT2D eigenvalue weighted by molar-refractivity contribution is 5.95. The van der Waals surface area contributed by atoms with Crippen LogP contribution in [0.1, 0.15) is 56.7 Å². The number of allylic oxidation sites excluding steroid dienone is 1. The minimum Gasteiger partial charge on any atom is -0.496 e. The number of esters is 1. The van der Waals surface area contributed by atoms with E-state index in [0.29, 0.717) is 48.7 Å². The molecular formula is C37H44N4O6. The Morgan fingerprint density at radius 1 is 1.04 bits per heavy atom. The molecule has 1 aromatic carbocycles. The topological polar surface area (TPSA) is 120 Å². The second-order valence-electron chi connectivity index (χ2n) is 13.1. The van der Waals surface area contributed by atoms with Crippen LogP contribution < -0.4 is 14.8 Å². The Labute approximate surface area is 275 Å². The van der Waals surface area contributed by atoms with Crippen LogP contribution in [0.25, 0.3) is 22.3 Å². The van der Waals surface area contributed by atoms with Crippen molar-refractivity contribution < 1.29 is 28.6 Å². The Balaban J connectivity index is 1.35. The Morgan fingerprint density at radius 3 is 2.62 bits per heavy atom. The number of carbonyl (C=O) groups excluding carboxylic acids is 3. The van der Waals surface area contributed by atoms with Crippen LogP contribution in [0, 0.1) is 31.6 Å². The molecule has 47 heavy (non-hydrogen) atoms. The third kappa shape index (κ3) is 6.42. The summed E-state index contributed by atoms with van der Waals surface area (Å²) in [6.07, 6.45) is 7.48. The standard InChI is InChI=1S/C37H44N4O6/c1-6-46-36(44)37-21-24(37)13-9-7-8-10-17-41(4)35(43)28-19-25(18-27(28)34(42)40-37)47-32-20-30(29-14-11-12-22(2)38-29)39-33-23(3)31(45-5)16-15-26(32)33/h9,11-16,20,24-25,27-28H,6-8,10,17-19,21H2,1-5H3,(H,40,42)/b13-9+. The molecule has 3 aliphatic rings. The van der Waals surface area contributed by atoms with Gasteiger partial charge in [-0.15, -0.1) is 0 Å². The van der Waals surface area contributed by atoms with E-state index in [4.69, 9.17) is 24.2 Å². The smallest absolute Gasteiger partial charge is 0.332 e. The van der Waals surface area contributed by atoms with Gasteiger partial charge in [0.1, 0.15) is 23.1 Å². The fourth-order valence-corrected chi connectivity index (χ4v) is 7.13. The molecule has 1 aliphatic heterocycles. The van der Waals surface area contributed by atoms with E-state index in [1.165, 1.54) is 0 Å². The van der Waals surface area contributed by atoms with Crippen molar-refractivity contribution in [1.29, 1.82) is 0 Å². The molecule has 2 saturated carbocycles. The number of amides is 2. The second-order valence-corrected chi connectivity index (χ2v) is 13.1. The van der Waals surface area contributed by atoms with Crippen molar-refractivity contribution in [3.05, 3.63) is 59.8 Å². The lowest BCUT2D eigenvalue weighted by Gasteiger charge is -2.26. The maximum atomic E-state index is 14.1. The van der Waals surface area contributed by atoms with Gasteiger partial charge in [-0.3, -0.25) is 14.6 Å². The molecular weight excluding hydrogens is 596 g/mol. The van der Waals surface area contributed by atoms with E-state index in [1.54, 1.807) is 26.0 Å². The third-order valence-electron chi connectivity index (χ3n) is 9.84. The highest BCUT2D eigenvalue weighted by Gasteiger charge is 2.62. The Bertz CT molecular complexity index is 1720. The van der Waals surface area contributed by atoms with Crippen LogP contribution in [0.5, 0.6) is 11.5 Å². The first-order valence-corrected chi connectivity index (χ1v) is 16.6. The van der Waals surface area contributed by atoms with E-state index in [-0.39, 0.29) is 24.3 Å². The summed E-state index contributed by atoms with van der Waals surface area (Å²) in [7, 11) is 3.43. The number of rotatable bonds is 6. The average molecular weight is 641 g/mol. The normalized spacial score (nSPS) is 26.9. The lowest BCUT2D eigenvalue weighted by Crippen LogP contribution is -2.50. The highest BCUT2D eigenvalue weighted by atomic mass is 16.5. The summed E-state index contributed by atoms with van der Waals surface area (Å²) in [5.41, 5.74) is 2.74. The highest BCUT2D eigenvalue weighted by Crippen LogP contribution is 2.47. The van der Waals surface area contributed by atoms with Crippen molar-refractivity contribution in [2.75, 3.05) is 27.3 Å². The summed E-state index contributed by atoms with van der Waals surface area (Å²) in [5, 5.41) is 3.87.